The van der Waals surface area contributed by atoms with Crippen LogP contribution in [0.3, 0.4) is 0 Å². The lowest BCUT2D eigenvalue weighted by molar-refractivity contribution is -0.274. The largest absolute Gasteiger partial charge is 0.573 e. The van der Waals surface area contributed by atoms with Crippen molar-refractivity contribution in [2.45, 2.75) is 23.7 Å². The van der Waals surface area contributed by atoms with E-state index in [0.29, 0.717) is 21.7 Å². The van der Waals surface area contributed by atoms with Crippen molar-refractivity contribution in [3.8, 4) is 5.75 Å². The molecule has 0 unspecified atom stereocenters. The van der Waals surface area contributed by atoms with Crippen LogP contribution in [0.25, 0.3) is 0 Å². The average molecular weight is 473 g/mol. The molecule has 0 saturated carbocycles. The van der Waals surface area contributed by atoms with E-state index in [1.807, 2.05) is 4.90 Å². The number of aromatic nitrogens is 2. The minimum atomic E-state index is -4.72. The fourth-order valence-corrected chi connectivity index (χ4v) is 5.42. The summed E-state index contributed by atoms with van der Waals surface area (Å²) < 4.78 is 41.1. The van der Waals surface area contributed by atoms with Crippen LogP contribution >= 0.6 is 34.4 Å². The summed E-state index contributed by atoms with van der Waals surface area (Å²) >= 11 is 4.32. The quantitative estimate of drug-likeness (QED) is 0.514. The summed E-state index contributed by atoms with van der Waals surface area (Å²) in [4.78, 5) is 15.7. The number of hydrogen-bond donors (Lipinski definition) is 1. The van der Waals surface area contributed by atoms with Gasteiger partial charge in [-0.05, 0) is 47.7 Å². The lowest BCUT2D eigenvalue weighted by Gasteiger charge is -2.26. The Balaban J connectivity index is 1.28. The van der Waals surface area contributed by atoms with E-state index in [0.717, 1.165) is 13.0 Å². The molecule has 3 aromatic rings. The van der Waals surface area contributed by atoms with Crippen molar-refractivity contribution < 1.29 is 22.7 Å². The number of alkyl halides is 3. The third-order valence-corrected chi connectivity index (χ3v) is 7.20. The van der Waals surface area contributed by atoms with Gasteiger partial charge in [0.05, 0.1) is 5.75 Å². The number of nitrogens with zero attached hydrogens (tertiary/aromatic N) is 3. The molecule has 1 aliphatic rings. The molecule has 0 radical (unpaired) electrons. The monoisotopic (exact) mass is 472 g/mol. The van der Waals surface area contributed by atoms with Gasteiger partial charge in [0.25, 0.3) is 0 Å². The van der Waals surface area contributed by atoms with Crippen molar-refractivity contribution in [3.63, 3.8) is 0 Å². The number of fused-ring (bicyclic) bond motifs is 1. The second-order valence-electron chi connectivity index (χ2n) is 6.29. The highest BCUT2D eigenvalue weighted by Crippen LogP contribution is 2.30. The first-order valence-corrected chi connectivity index (χ1v) is 11.5. The number of carbonyl (C=O) groups excluding carboxylic acids is 1. The van der Waals surface area contributed by atoms with Gasteiger partial charge in [0, 0.05) is 23.7 Å². The van der Waals surface area contributed by atoms with Crippen LogP contribution in [0, 0.1) is 0 Å². The normalized spacial score (nSPS) is 13.8. The van der Waals surface area contributed by atoms with Crippen molar-refractivity contribution in [2.24, 2.45) is 0 Å². The maximum absolute atomic E-state index is 12.5. The van der Waals surface area contributed by atoms with Crippen LogP contribution in [0.5, 0.6) is 5.75 Å². The lowest BCUT2D eigenvalue weighted by Crippen LogP contribution is -2.36. The number of carbonyl (C=O) groups is 1. The first kappa shape index (κ1) is 20.9. The molecule has 0 fully saturated rings. The number of rotatable bonds is 6. The van der Waals surface area contributed by atoms with Crippen LogP contribution in [0.1, 0.15) is 10.4 Å². The Labute approximate surface area is 182 Å². The predicted molar refractivity (Wildman–Crippen MR) is 110 cm³/mol. The summed E-state index contributed by atoms with van der Waals surface area (Å²) in [5.41, 5.74) is 1.77. The molecule has 0 atom stereocenters. The maximum atomic E-state index is 12.5. The first-order valence-electron chi connectivity index (χ1n) is 8.78. The molecule has 4 rings (SSSR count). The molecule has 1 aliphatic heterocycles. The van der Waals surface area contributed by atoms with Gasteiger partial charge in [0.2, 0.25) is 11.0 Å². The van der Waals surface area contributed by atoms with Gasteiger partial charge in [0.1, 0.15) is 5.75 Å². The van der Waals surface area contributed by atoms with Gasteiger partial charge in [-0.15, -0.1) is 34.7 Å². The Kier molecular flexibility index (Phi) is 6.16. The molecule has 1 amide bonds. The lowest BCUT2D eigenvalue weighted by atomic mass is 10.1. The molecule has 0 bridgehead atoms. The van der Waals surface area contributed by atoms with Gasteiger partial charge in [-0.1, -0.05) is 23.1 Å². The molecule has 1 N–H and O–H groups in total. The second-order valence-corrected chi connectivity index (χ2v) is 9.49. The zero-order valence-electron chi connectivity index (χ0n) is 15.3. The highest BCUT2D eigenvalue weighted by molar-refractivity contribution is 8.01. The SMILES string of the molecule is O=C(CSc1nnc(Nc2ccc(OC(F)(F)F)cc2)s1)N1CCc2sccc2C1. The van der Waals surface area contributed by atoms with Gasteiger partial charge in [0.15, 0.2) is 4.34 Å². The molecule has 0 spiro atoms. The second kappa shape index (κ2) is 8.82. The standard InChI is InChI=1S/C18H15F3N4O2S3/c19-18(20,21)27-13-3-1-12(2-4-13)22-16-23-24-17(30-16)29-10-15(26)25-7-5-14-11(9-25)6-8-28-14/h1-4,6,8H,5,7,9-10H2,(H,22,23). The van der Waals surface area contributed by atoms with Gasteiger partial charge < -0.3 is 15.0 Å². The van der Waals surface area contributed by atoms with Crippen molar-refractivity contribution in [2.75, 3.05) is 17.6 Å². The molecular formula is C18H15F3N4O2S3. The van der Waals surface area contributed by atoms with E-state index in [1.165, 1.54) is 57.8 Å². The topological polar surface area (TPSA) is 67.3 Å². The Bertz CT molecular complexity index is 1020. The molecule has 12 heteroatoms. The van der Waals surface area contributed by atoms with Crippen LogP contribution in [-0.4, -0.2) is 39.7 Å². The van der Waals surface area contributed by atoms with Crippen LogP contribution < -0.4 is 10.1 Å². The highest BCUT2D eigenvalue weighted by atomic mass is 32.2. The maximum Gasteiger partial charge on any atom is 0.573 e. The van der Waals surface area contributed by atoms with Crippen LogP contribution in [0.2, 0.25) is 0 Å². The van der Waals surface area contributed by atoms with Crippen LogP contribution in [0.15, 0.2) is 40.1 Å². The molecule has 1 aromatic carbocycles. The van der Waals surface area contributed by atoms with Gasteiger partial charge in [-0.3, -0.25) is 4.79 Å². The van der Waals surface area contributed by atoms with Crippen LogP contribution in [0.4, 0.5) is 24.0 Å². The van der Waals surface area contributed by atoms with Gasteiger partial charge in [-0.25, -0.2) is 0 Å². The van der Waals surface area contributed by atoms with Crippen LogP contribution in [-0.2, 0) is 17.8 Å². The number of amides is 1. The summed E-state index contributed by atoms with van der Waals surface area (Å²) in [6.45, 7) is 1.37. The molecule has 158 valence electrons. The first-order chi connectivity index (χ1) is 14.4. The Hall–Kier alpha value is -2.31. The third-order valence-electron chi connectivity index (χ3n) is 4.23. The van der Waals surface area contributed by atoms with Crippen molar-refractivity contribution >= 4 is 51.2 Å². The predicted octanol–water partition coefficient (Wildman–Crippen LogP) is 4.92. The Morgan fingerprint density at radius 1 is 1.23 bits per heavy atom. The zero-order valence-corrected chi connectivity index (χ0v) is 17.8. The number of hydrogen-bond acceptors (Lipinski definition) is 8. The molecule has 30 heavy (non-hydrogen) atoms. The van der Waals surface area contributed by atoms with E-state index in [4.69, 9.17) is 0 Å². The number of nitrogens with one attached hydrogen (secondary N) is 1. The van der Waals surface area contributed by atoms with E-state index in [2.05, 4.69) is 31.7 Å². The van der Waals surface area contributed by atoms with Crippen molar-refractivity contribution in [1.29, 1.82) is 0 Å². The molecule has 2 aromatic heterocycles. The van der Waals surface area contributed by atoms with Crippen molar-refractivity contribution in [3.05, 3.63) is 46.2 Å². The van der Waals surface area contributed by atoms with E-state index < -0.39 is 6.36 Å². The fourth-order valence-electron chi connectivity index (χ4n) is 2.86. The summed E-state index contributed by atoms with van der Waals surface area (Å²) in [6.07, 6.45) is -3.83. The molecule has 3 heterocycles. The minimum absolute atomic E-state index is 0.0572. The summed E-state index contributed by atoms with van der Waals surface area (Å²) in [5, 5.41) is 13.6. The molecule has 6 nitrogen and oxygen atoms in total. The highest BCUT2D eigenvalue weighted by Gasteiger charge is 2.31. The average Bonchev–Trinajstić information content (AvgIpc) is 3.35. The number of anilines is 2. The number of halogens is 3. The zero-order chi connectivity index (χ0) is 21.1. The van der Waals surface area contributed by atoms with Crippen molar-refractivity contribution in [1.82, 2.24) is 15.1 Å². The summed E-state index contributed by atoms with van der Waals surface area (Å²) in [5.74, 6) is 0.0339. The van der Waals surface area contributed by atoms with E-state index in [1.54, 1.807) is 11.3 Å². The number of thiophene rings is 1. The smallest absolute Gasteiger partial charge is 0.406 e. The Morgan fingerprint density at radius 3 is 2.80 bits per heavy atom. The number of benzene rings is 1. The fraction of sp³-hybridized carbons (Fsp3) is 0.278. The molecular weight excluding hydrogens is 457 g/mol. The molecule has 0 aliphatic carbocycles. The number of ether oxygens (including phenoxy) is 1. The van der Waals surface area contributed by atoms with E-state index in [-0.39, 0.29) is 17.4 Å². The third kappa shape index (κ3) is 5.43. The van der Waals surface area contributed by atoms with E-state index in [9.17, 15) is 18.0 Å². The number of thioether (sulfide) groups is 1. The Morgan fingerprint density at radius 2 is 2.03 bits per heavy atom. The summed E-state index contributed by atoms with van der Waals surface area (Å²) in [6, 6.07) is 7.39. The van der Waals surface area contributed by atoms with Gasteiger partial charge >= 0.3 is 6.36 Å². The van der Waals surface area contributed by atoms with E-state index >= 15 is 0 Å². The minimum Gasteiger partial charge on any atom is -0.406 e. The molecule has 0 saturated heterocycles. The van der Waals surface area contributed by atoms with Gasteiger partial charge in [-0.2, -0.15) is 0 Å². The summed E-state index contributed by atoms with van der Waals surface area (Å²) in [7, 11) is 0.